The summed E-state index contributed by atoms with van der Waals surface area (Å²) in [6, 6.07) is 1.73. The maximum Gasteiger partial charge on any atom is 0.0878 e. The van der Waals surface area contributed by atoms with Crippen molar-refractivity contribution in [2.24, 2.45) is 5.92 Å². The molecule has 0 radical (unpaired) electrons. The van der Waals surface area contributed by atoms with Crippen molar-refractivity contribution in [2.45, 2.75) is 37.6 Å². The molecule has 3 heterocycles. The van der Waals surface area contributed by atoms with Crippen molar-refractivity contribution in [2.75, 3.05) is 5.73 Å². The number of anilines is 1. The van der Waals surface area contributed by atoms with Gasteiger partial charge in [0.05, 0.1) is 18.3 Å². The Bertz CT molecular complexity index is 396. The van der Waals surface area contributed by atoms with E-state index in [4.69, 9.17) is 10.5 Å². The van der Waals surface area contributed by atoms with E-state index >= 15 is 0 Å². The highest BCUT2D eigenvalue weighted by Crippen LogP contribution is 2.45. The molecule has 2 aliphatic rings. The van der Waals surface area contributed by atoms with Gasteiger partial charge < -0.3 is 15.6 Å². The molecule has 4 unspecified atom stereocenters. The van der Waals surface area contributed by atoms with Gasteiger partial charge in [-0.3, -0.25) is 4.98 Å². The molecule has 86 valence electrons. The molecule has 16 heavy (non-hydrogen) atoms. The SMILES string of the molecule is Nc1ccncc1C(O)C1CC2CCC1O2. The molecule has 3 N–H and O–H groups in total. The lowest BCUT2D eigenvalue weighted by atomic mass is 9.82. The van der Waals surface area contributed by atoms with Crippen molar-refractivity contribution >= 4 is 5.69 Å². The smallest absolute Gasteiger partial charge is 0.0878 e. The van der Waals surface area contributed by atoms with Crippen LogP contribution >= 0.6 is 0 Å². The normalized spacial score (nSPS) is 34.2. The summed E-state index contributed by atoms with van der Waals surface area (Å²) < 4.78 is 5.75. The average molecular weight is 220 g/mol. The van der Waals surface area contributed by atoms with Gasteiger partial charge in [0.15, 0.2) is 0 Å². The van der Waals surface area contributed by atoms with Crippen molar-refractivity contribution in [3.05, 3.63) is 24.0 Å². The van der Waals surface area contributed by atoms with Crippen LogP contribution in [0.1, 0.15) is 30.9 Å². The molecule has 0 saturated carbocycles. The predicted octanol–water partition coefficient (Wildman–Crippen LogP) is 1.26. The topological polar surface area (TPSA) is 68.4 Å². The van der Waals surface area contributed by atoms with Gasteiger partial charge in [0.25, 0.3) is 0 Å². The number of aliphatic hydroxyl groups is 1. The molecule has 0 amide bonds. The van der Waals surface area contributed by atoms with Crippen molar-refractivity contribution in [3.8, 4) is 0 Å². The fourth-order valence-electron chi connectivity index (χ4n) is 2.90. The third kappa shape index (κ3) is 1.49. The van der Waals surface area contributed by atoms with Crippen molar-refractivity contribution in [1.82, 2.24) is 4.98 Å². The number of hydrogen-bond donors (Lipinski definition) is 2. The zero-order valence-corrected chi connectivity index (χ0v) is 9.04. The Morgan fingerprint density at radius 1 is 1.50 bits per heavy atom. The lowest BCUT2D eigenvalue weighted by Gasteiger charge is -2.25. The Labute approximate surface area is 94.4 Å². The summed E-state index contributed by atoms with van der Waals surface area (Å²) in [7, 11) is 0. The van der Waals surface area contributed by atoms with E-state index in [-0.39, 0.29) is 12.0 Å². The Morgan fingerprint density at radius 3 is 3.00 bits per heavy atom. The van der Waals surface area contributed by atoms with Crippen molar-refractivity contribution in [1.29, 1.82) is 0 Å². The Hall–Kier alpha value is -1.13. The molecule has 0 aromatic carbocycles. The van der Waals surface area contributed by atoms with Gasteiger partial charge >= 0.3 is 0 Å². The van der Waals surface area contributed by atoms with Gasteiger partial charge in [-0.15, -0.1) is 0 Å². The summed E-state index contributed by atoms with van der Waals surface area (Å²) in [4.78, 5) is 4.02. The molecule has 3 rings (SSSR count). The number of rotatable bonds is 2. The second-order valence-electron chi connectivity index (χ2n) is 4.72. The van der Waals surface area contributed by atoms with Crippen LogP contribution in [0.4, 0.5) is 5.69 Å². The zero-order valence-electron chi connectivity index (χ0n) is 9.04. The molecule has 0 spiro atoms. The fourth-order valence-corrected chi connectivity index (χ4v) is 2.90. The molecule has 1 aromatic heterocycles. The van der Waals surface area contributed by atoms with E-state index < -0.39 is 6.10 Å². The molecule has 4 atom stereocenters. The van der Waals surface area contributed by atoms with Crippen molar-refractivity contribution < 1.29 is 9.84 Å². The minimum atomic E-state index is -0.538. The quantitative estimate of drug-likeness (QED) is 0.787. The highest BCUT2D eigenvalue weighted by Gasteiger charge is 2.44. The Balaban J connectivity index is 1.83. The molecular weight excluding hydrogens is 204 g/mol. The van der Waals surface area contributed by atoms with Gasteiger partial charge in [-0.2, -0.15) is 0 Å². The number of nitrogens with zero attached hydrogens (tertiary/aromatic N) is 1. The van der Waals surface area contributed by atoms with Crippen LogP contribution in [0.5, 0.6) is 0 Å². The second kappa shape index (κ2) is 3.71. The molecule has 4 heteroatoms. The summed E-state index contributed by atoms with van der Waals surface area (Å²) in [5.41, 5.74) is 7.20. The number of pyridine rings is 1. The largest absolute Gasteiger partial charge is 0.398 e. The molecule has 2 fully saturated rings. The first-order valence-corrected chi connectivity index (χ1v) is 5.78. The molecule has 2 saturated heterocycles. The van der Waals surface area contributed by atoms with Crippen LogP contribution in [0.15, 0.2) is 18.5 Å². The summed E-state index contributed by atoms with van der Waals surface area (Å²) in [6.07, 6.45) is 6.46. The minimum absolute atomic E-state index is 0.185. The van der Waals surface area contributed by atoms with E-state index in [1.54, 1.807) is 18.5 Å². The monoisotopic (exact) mass is 220 g/mol. The molecule has 2 aliphatic heterocycles. The maximum absolute atomic E-state index is 10.3. The van der Waals surface area contributed by atoms with Crippen LogP contribution in [0.2, 0.25) is 0 Å². The van der Waals surface area contributed by atoms with E-state index in [1.165, 1.54) is 0 Å². The number of aromatic nitrogens is 1. The number of fused-ring (bicyclic) bond motifs is 2. The summed E-state index contributed by atoms with van der Waals surface area (Å²) in [5, 5.41) is 10.3. The first kappa shape index (κ1) is 10.1. The second-order valence-corrected chi connectivity index (χ2v) is 4.72. The predicted molar refractivity (Wildman–Crippen MR) is 59.6 cm³/mol. The van der Waals surface area contributed by atoms with Crippen LogP contribution in [-0.4, -0.2) is 22.3 Å². The third-order valence-corrected chi connectivity index (χ3v) is 3.76. The molecule has 2 bridgehead atoms. The van der Waals surface area contributed by atoms with E-state index in [0.29, 0.717) is 11.8 Å². The van der Waals surface area contributed by atoms with Gasteiger partial charge in [0, 0.05) is 29.6 Å². The number of hydrogen-bond acceptors (Lipinski definition) is 4. The highest BCUT2D eigenvalue weighted by atomic mass is 16.5. The van der Waals surface area contributed by atoms with Gasteiger partial charge in [-0.1, -0.05) is 0 Å². The maximum atomic E-state index is 10.3. The van der Waals surface area contributed by atoms with Crippen LogP contribution in [0, 0.1) is 5.92 Å². The van der Waals surface area contributed by atoms with Crippen LogP contribution < -0.4 is 5.73 Å². The first-order chi connectivity index (χ1) is 7.75. The van der Waals surface area contributed by atoms with Crippen molar-refractivity contribution in [3.63, 3.8) is 0 Å². The van der Waals surface area contributed by atoms with E-state index in [9.17, 15) is 5.11 Å². The molecule has 0 aliphatic carbocycles. The Morgan fingerprint density at radius 2 is 2.38 bits per heavy atom. The van der Waals surface area contributed by atoms with Crippen LogP contribution in [0.25, 0.3) is 0 Å². The molecular formula is C12H16N2O2. The lowest BCUT2D eigenvalue weighted by Crippen LogP contribution is -2.24. The number of nitrogens with two attached hydrogens (primary N) is 1. The van der Waals surface area contributed by atoms with Crippen LogP contribution in [0.3, 0.4) is 0 Å². The summed E-state index contributed by atoms with van der Waals surface area (Å²) in [6.45, 7) is 0. The van der Waals surface area contributed by atoms with Gasteiger partial charge in [-0.05, 0) is 25.3 Å². The van der Waals surface area contributed by atoms with Gasteiger partial charge in [0.2, 0.25) is 0 Å². The Kier molecular flexibility index (Phi) is 2.33. The number of nitrogen functional groups attached to an aromatic ring is 1. The van der Waals surface area contributed by atoms with Crippen LogP contribution in [-0.2, 0) is 4.74 Å². The molecule has 1 aromatic rings. The highest BCUT2D eigenvalue weighted by molar-refractivity contribution is 5.46. The third-order valence-electron chi connectivity index (χ3n) is 3.76. The standard InChI is InChI=1S/C12H16N2O2/c13-10-3-4-14-6-9(10)12(15)8-5-7-1-2-11(8)16-7/h3-4,6-8,11-12,15H,1-2,5H2,(H2,13,14). The zero-order chi connectivity index (χ0) is 11.1. The fraction of sp³-hybridized carbons (Fsp3) is 0.583. The number of ether oxygens (including phenoxy) is 1. The molecule has 4 nitrogen and oxygen atoms in total. The first-order valence-electron chi connectivity index (χ1n) is 5.78. The van der Waals surface area contributed by atoms with E-state index in [1.807, 2.05) is 0 Å². The lowest BCUT2D eigenvalue weighted by molar-refractivity contribution is 0.0424. The minimum Gasteiger partial charge on any atom is -0.398 e. The average Bonchev–Trinajstić information content (AvgIpc) is 2.90. The summed E-state index contributed by atoms with van der Waals surface area (Å²) in [5.74, 6) is 0.185. The van der Waals surface area contributed by atoms with E-state index in [0.717, 1.165) is 24.8 Å². The summed E-state index contributed by atoms with van der Waals surface area (Å²) >= 11 is 0. The van der Waals surface area contributed by atoms with Gasteiger partial charge in [0.1, 0.15) is 0 Å². The van der Waals surface area contributed by atoms with Gasteiger partial charge in [-0.25, -0.2) is 0 Å². The number of aliphatic hydroxyl groups excluding tert-OH is 1. The van der Waals surface area contributed by atoms with E-state index in [2.05, 4.69) is 4.98 Å².